The largest absolute Gasteiger partial charge is 0.322 e. The predicted octanol–water partition coefficient (Wildman–Crippen LogP) is 4.86. The lowest BCUT2D eigenvalue weighted by Crippen LogP contribution is -2.12. The molecule has 0 aliphatic heterocycles. The summed E-state index contributed by atoms with van der Waals surface area (Å²) in [4.78, 5) is 12.1. The van der Waals surface area contributed by atoms with Crippen LogP contribution in [-0.4, -0.2) is 5.91 Å². The monoisotopic (exact) mass is 293 g/mol. The minimum atomic E-state index is -0.203. The second-order valence-corrected chi connectivity index (χ2v) is 5.22. The number of hydrogen-bond acceptors (Lipinski definition) is 1. The third-order valence-electron chi connectivity index (χ3n) is 2.81. The first-order valence-corrected chi connectivity index (χ1v) is 6.56. The number of rotatable bonds is 2. The van der Waals surface area contributed by atoms with Gasteiger partial charge in [0, 0.05) is 11.3 Å². The smallest absolute Gasteiger partial charge is 0.255 e. The Balaban J connectivity index is 2.23. The molecule has 0 spiro atoms. The molecular formula is C15H13Cl2NO. The quantitative estimate of drug-likeness (QED) is 0.841. The Morgan fingerprint density at radius 3 is 2.37 bits per heavy atom. The Bertz CT molecular complexity index is 638. The van der Waals surface area contributed by atoms with Crippen LogP contribution in [0.25, 0.3) is 0 Å². The highest BCUT2D eigenvalue weighted by Gasteiger charge is 2.09. The summed E-state index contributed by atoms with van der Waals surface area (Å²) in [6.45, 7) is 3.97. The summed E-state index contributed by atoms with van der Waals surface area (Å²) in [6.07, 6.45) is 0. The molecule has 0 saturated heterocycles. The first-order chi connectivity index (χ1) is 8.97. The fraction of sp³-hybridized carbons (Fsp3) is 0.133. The van der Waals surface area contributed by atoms with Gasteiger partial charge in [0.1, 0.15) is 0 Å². The number of benzene rings is 2. The van der Waals surface area contributed by atoms with Crippen molar-refractivity contribution in [3.05, 3.63) is 63.1 Å². The summed E-state index contributed by atoms with van der Waals surface area (Å²) < 4.78 is 0. The molecule has 2 nitrogen and oxygen atoms in total. The third kappa shape index (κ3) is 3.28. The average Bonchev–Trinajstić information content (AvgIpc) is 2.36. The Morgan fingerprint density at radius 1 is 1.00 bits per heavy atom. The number of anilines is 1. The Labute approximate surface area is 122 Å². The van der Waals surface area contributed by atoms with E-state index < -0.39 is 0 Å². The topological polar surface area (TPSA) is 29.1 Å². The van der Waals surface area contributed by atoms with E-state index in [9.17, 15) is 4.79 Å². The fourth-order valence-corrected chi connectivity index (χ4v) is 2.08. The van der Waals surface area contributed by atoms with Crippen molar-refractivity contribution in [2.24, 2.45) is 0 Å². The molecule has 0 aromatic heterocycles. The van der Waals surface area contributed by atoms with Crippen LogP contribution in [-0.2, 0) is 0 Å². The van der Waals surface area contributed by atoms with Crippen LogP contribution >= 0.6 is 23.2 Å². The molecule has 0 radical (unpaired) electrons. The zero-order chi connectivity index (χ0) is 14.0. The number of carbonyl (C=O) groups excluding carboxylic acids is 1. The van der Waals surface area contributed by atoms with Crippen molar-refractivity contribution in [2.75, 3.05) is 5.32 Å². The molecule has 2 aromatic carbocycles. The molecular weight excluding hydrogens is 281 g/mol. The Kier molecular flexibility index (Phi) is 4.13. The molecule has 1 N–H and O–H groups in total. The van der Waals surface area contributed by atoms with Gasteiger partial charge in [0.05, 0.1) is 10.0 Å². The lowest BCUT2D eigenvalue weighted by molar-refractivity contribution is 0.102. The molecule has 2 aromatic rings. The lowest BCUT2D eigenvalue weighted by Gasteiger charge is -2.09. The van der Waals surface area contributed by atoms with Crippen LogP contribution in [0.15, 0.2) is 36.4 Å². The molecule has 1 amide bonds. The van der Waals surface area contributed by atoms with Crippen LogP contribution in [0.5, 0.6) is 0 Å². The highest BCUT2D eigenvalue weighted by Crippen LogP contribution is 2.23. The second kappa shape index (κ2) is 5.64. The number of hydrogen-bond donors (Lipinski definition) is 1. The van der Waals surface area contributed by atoms with E-state index in [0.717, 1.165) is 16.8 Å². The van der Waals surface area contributed by atoms with E-state index in [0.29, 0.717) is 15.6 Å². The molecule has 0 aliphatic carbocycles. The first-order valence-electron chi connectivity index (χ1n) is 5.81. The fourth-order valence-electron chi connectivity index (χ4n) is 1.79. The standard InChI is InChI=1S/C15H13Cl2NO/c1-9-3-6-14(10(2)7-9)18-15(19)11-4-5-12(16)13(17)8-11/h3-8H,1-2H3,(H,18,19). The third-order valence-corrected chi connectivity index (χ3v) is 3.55. The van der Waals surface area contributed by atoms with Crippen LogP contribution < -0.4 is 5.32 Å². The van der Waals surface area contributed by atoms with Gasteiger partial charge in [-0.25, -0.2) is 0 Å². The number of amides is 1. The Hall–Kier alpha value is -1.51. The summed E-state index contributed by atoms with van der Waals surface area (Å²) in [6, 6.07) is 10.7. The molecule has 0 heterocycles. The maximum atomic E-state index is 12.1. The van der Waals surface area contributed by atoms with E-state index in [1.807, 2.05) is 32.0 Å². The maximum absolute atomic E-state index is 12.1. The molecule has 0 aliphatic rings. The van der Waals surface area contributed by atoms with E-state index >= 15 is 0 Å². The predicted molar refractivity (Wildman–Crippen MR) is 80.3 cm³/mol. The second-order valence-electron chi connectivity index (χ2n) is 4.40. The highest BCUT2D eigenvalue weighted by molar-refractivity contribution is 6.42. The summed E-state index contributed by atoms with van der Waals surface area (Å²) in [5.41, 5.74) is 3.45. The van der Waals surface area contributed by atoms with E-state index in [2.05, 4.69) is 5.32 Å². The summed E-state index contributed by atoms with van der Waals surface area (Å²) >= 11 is 11.7. The molecule has 4 heteroatoms. The van der Waals surface area contributed by atoms with Gasteiger partial charge < -0.3 is 5.32 Å². The van der Waals surface area contributed by atoms with Gasteiger partial charge in [0.15, 0.2) is 0 Å². The van der Waals surface area contributed by atoms with Crippen LogP contribution in [0.2, 0.25) is 10.0 Å². The molecule has 0 unspecified atom stereocenters. The van der Waals surface area contributed by atoms with Gasteiger partial charge in [0.25, 0.3) is 5.91 Å². The van der Waals surface area contributed by atoms with Crippen molar-refractivity contribution in [1.82, 2.24) is 0 Å². The summed E-state index contributed by atoms with van der Waals surface area (Å²) in [5, 5.41) is 3.66. The SMILES string of the molecule is Cc1ccc(NC(=O)c2ccc(Cl)c(Cl)c2)c(C)c1. The minimum Gasteiger partial charge on any atom is -0.322 e. The van der Waals surface area contributed by atoms with Gasteiger partial charge in [-0.05, 0) is 43.7 Å². The van der Waals surface area contributed by atoms with Crippen LogP contribution in [0.4, 0.5) is 5.69 Å². The zero-order valence-corrected chi connectivity index (χ0v) is 12.1. The van der Waals surface area contributed by atoms with Crippen LogP contribution in [0.1, 0.15) is 21.5 Å². The van der Waals surface area contributed by atoms with Crippen molar-refractivity contribution in [1.29, 1.82) is 0 Å². The van der Waals surface area contributed by atoms with Crippen LogP contribution in [0.3, 0.4) is 0 Å². The molecule has 98 valence electrons. The molecule has 19 heavy (non-hydrogen) atoms. The van der Waals surface area contributed by atoms with Gasteiger partial charge in [-0.3, -0.25) is 4.79 Å². The average molecular weight is 294 g/mol. The minimum absolute atomic E-state index is 0.203. The normalized spacial score (nSPS) is 10.3. The van der Waals surface area contributed by atoms with E-state index in [1.54, 1.807) is 18.2 Å². The van der Waals surface area contributed by atoms with Gasteiger partial charge >= 0.3 is 0 Å². The molecule has 0 saturated carbocycles. The number of carbonyl (C=O) groups is 1. The summed E-state index contributed by atoms with van der Waals surface area (Å²) in [7, 11) is 0. The van der Waals surface area contributed by atoms with Crippen LogP contribution in [0, 0.1) is 13.8 Å². The van der Waals surface area contributed by atoms with Crippen molar-refractivity contribution in [2.45, 2.75) is 13.8 Å². The van der Waals surface area contributed by atoms with Gasteiger partial charge in [-0.15, -0.1) is 0 Å². The number of nitrogens with one attached hydrogen (secondary N) is 1. The van der Waals surface area contributed by atoms with Crippen molar-refractivity contribution in [3.8, 4) is 0 Å². The first kappa shape index (κ1) is 13.9. The van der Waals surface area contributed by atoms with Crippen molar-refractivity contribution in [3.63, 3.8) is 0 Å². The lowest BCUT2D eigenvalue weighted by atomic mass is 10.1. The maximum Gasteiger partial charge on any atom is 0.255 e. The zero-order valence-electron chi connectivity index (χ0n) is 10.6. The molecule has 0 atom stereocenters. The molecule has 0 fully saturated rings. The number of halogens is 2. The van der Waals surface area contributed by atoms with Gasteiger partial charge in [-0.1, -0.05) is 40.9 Å². The van der Waals surface area contributed by atoms with Crippen molar-refractivity contribution < 1.29 is 4.79 Å². The van der Waals surface area contributed by atoms with E-state index in [4.69, 9.17) is 23.2 Å². The van der Waals surface area contributed by atoms with E-state index in [-0.39, 0.29) is 5.91 Å². The van der Waals surface area contributed by atoms with Gasteiger partial charge in [0.2, 0.25) is 0 Å². The van der Waals surface area contributed by atoms with Gasteiger partial charge in [-0.2, -0.15) is 0 Å². The highest BCUT2D eigenvalue weighted by atomic mass is 35.5. The Morgan fingerprint density at radius 2 is 1.74 bits per heavy atom. The van der Waals surface area contributed by atoms with E-state index in [1.165, 1.54) is 0 Å². The molecule has 0 bridgehead atoms. The molecule has 2 rings (SSSR count). The number of aryl methyl sites for hydroxylation is 2. The van der Waals surface area contributed by atoms with Crippen molar-refractivity contribution >= 4 is 34.8 Å². The summed E-state index contributed by atoms with van der Waals surface area (Å²) in [5.74, 6) is -0.203.